The summed E-state index contributed by atoms with van der Waals surface area (Å²) in [6.45, 7) is 0. The minimum atomic E-state index is -0.509. The first kappa shape index (κ1) is 12.2. The van der Waals surface area contributed by atoms with Crippen molar-refractivity contribution in [1.82, 2.24) is 0 Å². The van der Waals surface area contributed by atoms with Crippen LogP contribution in [0.3, 0.4) is 0 Å². The largest absolute Gasteiger partial charge is 0.421 e. The molecule has 20 heavy (non-hydrogen) atoms. The predicted molar refractivity (Wildman–Crippen MR) is 80.3 cm³/mol. The Morgan fingerprint density at radius 2 is 1.35 bits per heavy atom. The predicted octanol–water partition coefficient (Wildman–Crippen LogP) is 3.56. The van der Waals surface area contributed by atoms with Crippen LogP contribution < -0.4 is 11.4 Å². The summed E-state index contributed by atoms with van der Waals surface area (Å²) in [6.07, 6.45) is 0. The van der Waals surface area contributed by atoms with Gasteiger partial charge in [-0.15, -0.1) is 0 Å². The van der Waals surface area contributed by atoms with E-state index in [0.29, 0.717) is 11.3 Å². The molecular weight excluding hydrogens is 250 g/mol. The first-order valence-corrected chi connectivity index (χ1v) is 6.30. The second-order valence-electron chi connectivity index (χ2n) is 4.46. The van der Waals surface area contributed by atoms with Gasteiger partial charge in [0.2, 0.25) is 0 Å². The molecule has 3 heteroatoms. The van der Waals surface area contributed by atoms with Crippen LogP contribution in [0.4, 0.5) is 5.69 Å². The van der Waals surface area contributed by atoms with Crippen molar-refractivity contribution >= 4 is 5.69 Å². The fraction of sp³-hybridized carbons (Fsp3) is 0. The van der Waals surface area contributed by atoms with Crippen molar-refractivity contribution in [3.8, 4) is 22.5 Å². The zero-order valence-corrected chi connectivity index (χ0v) is 10.7. The molecule has 0 radical (unpaired) electrons. The number of rotatable bonds is 2. The SMILES string of the molecule is Nc1c(-c2ccccc2)cc(-c2ccccc2)oc1=O. The van der Waals surface area contributed by atoms with Gasteiger partial charge in [0.1, 0.15) is 11.4 Å². The molecule has 3 rings (SSSR count). The van der Waals surface area contributed by atoms with Gasteiger partial charge in [0.05, 0.1) is 0 Å². The molecule has 3 nitrogen and oxygen atoms in total. The van der Waals surface area contributed by atoms with Crippen LogP contribution in [0, 0.1) is 0 Å². The second-order valence-corrected chi connectivity index (χ2v) is 4.46. The van der Waals surface area contributed by atoms with Crippen LogP contribution in [0.1, 0.15) is 0 Å². The van der Waals surface area contributed by atoms with Crippen LogP contribution in [0.5, 0.6) is 0 Å². The highest BCUT2D eigenvalue weighted by molar-refractivity contribution is 5.78. The molecule has 2 aromatic carbocycles. The molecular formula is C17H13NO2. The molecule has 3 aromatic rings. The quantitative estimate of drug-likeness (QED) is 0.769. The summed E-state index contributed by atoms with van der Waals surface area (Å²) in [5.41, 5.74) is 7.92. The molecule has 0 unspecified atom stereocenters. The van der Waals surface area contributed by atoms with Gasteiger partial charge in [-0.05, 0) is 11.6 Å². The van der Waals surface area contributed by atoms with Crippen molar-refractivity contribution in [3.05, 3.63) is 77.2 Å². The second kappa shape index (κ2) is 5.05. The molecule has 0 saturated heterocycles. The van der Waals surface area contributed by atoms with E-state index in [4.69, 9.17) is 10.2 Å². The molecule has 0 bridgehead atoms. The maximum atomic E-state index is 11.9. The van der Waals surface area contributed by atoms with E-state index < -0.39 is 5.63 Å². The van der Waals surface area contributed by atoms with Gasteiger partial charge in [0, 0.05) is 11.1 Å². The van der Waals surface area contributed by atoms with Gasteiger partial charge in [-0.3, -0.25) is 0 Å². The summed E-state index contributed by atoms with van der Waals surface area (Å²) in [5.74, 6) is 0.517. The number of nitrogen functional groups attached to an aromatic ring is 1. The van der Waals surface area contributed by atoms with Gasteiger partial charge in [-0.25, -0.2) is 4.79 Å². The van der Waals surface area contributed by atoms with Gasteiger partial charge < -0.3 is 10.2 Å². The number of nitrogens with two attached hydrogens (primary N) is 1. The minimum absolute atomic E-state index is 0.135. The lowest BCUT2D eigenvalue weighted by Gasteiger charge is -2.07. The number of benzene rings is 2. The Labute approximate surface area is 116 Å². The number of hydrogen-bond donors (Lipinski definition) is 1. The summed E-state index contributed by atoms with van der Waals surface area (Å²) in [5, 5.41) is 0. The topological polar surface area (TPSA) is 56.2 Å². The van der Waals surface area contributed by atoms with Gasteiger partial charge in [-0.1, -0.05) is 60.7 Å². The monoisotopic (exact) mass is 263 g/mol. The molecule has 1 aromatic heterocycles. The van der Waals surface area contributed by atoms with Crippen LogP contribution in [0.15, 0.2) is 75.9 Å². The molecule has 0 amide bonds. The van der Waals surface area contributed by atoms with E-state index in [0.717, 1.165) is 11.1 Å². The smallest absolute Gasteiger partial charge is 0.360 e. The van der Waals surface area contributed by atoms with Crippen LogP contribution in [-0.4, -0.2) is 0 Å². The van der Waals surface area contributed by atoms with Crippen molar-refractivity contribution in [3.63, 3.8) is 0 Å². The van der Waals surface area contributed by atoms with Crippen molar-refractivity contribution in [2.24, 2.45) is 0 Å². The van der Waals surface area contributed by atoms with Gasteiger partial charge in [-0.2, -0.15) is 0 Å². The molecule has 0 aliphatic heterocycles. The van der Waals surface area contributed by atoms with E-state index in [1.54, 1.807) is 6.07 Å². The van der Waals surface area contributed by atoms with Gasteiger partial charge >= 0.3 is 5.63 Å². The van der Waals surface area contributed by atoms with Crippen molar-refractivity contribution in [2.45, 2.75) is 0 Å². The highest BCUT2D eigenvalue weighted by atomic mass is 16.4. The fourth-order valence-corrected chi connectivity index (χ4v) is 2.10. The third-order valence-corrected chi connectivity index (χ3v) is 3.13. The van der Waals surface area contributed by atoms with E-state index in [2.05, 4.69) is 0 Å². The van der Waals surface area contributed by atoms with Crippen molar-refractivity contribution < 1.29 is 4.42 Å². The van der Waals surface area contributed by atoms with Gasteiger partial charge in [0.15, 0.2) is 0 Å². The van der Waals surface area contributed by atoms with E-state index >= 15 is 0 Å². The highest BCUT2D eigenvalue weighted by Crippen LogP contribution is 2.28. The summed E-state index contributed by atoms with van der Waals surface area (Å²) in [4.78, 5) is 11.9. The van der Waals surface area contributed by atoms with E-state index in [-0.39, 0.29) is 5.69 Å². The number of hydrogen-bond acceptors (Lipinski definition) is 3. The Hall–Kier alpha value is -2.81. The van der Waals surface area contributed by atoms with Crippen LogP contribution in [0.25, 0.3) is 22.5 Å². The normalized spacial score (nSPS) is 10.4. The van der Waals surface area contributed by atoms with Crippen LogP contribution in [0.2, 0.25) is 0 Å². The molecule has 0 fully saturated rings. The Kier molecular flexibility index (Phi) is 3.09. The average molecular weight is 263 g/mol. The van der Waals surface area contributed by atoms with E-state index in [9.17, 15) is 4.79 Å². The van der Waals surface area contributed by atoms with Crippen molar-refractivity contribution in [1.29, 1.82) is 0 Å². The maximum absolute atomic E-state index is 11.9. The molecule has 98 valence electrons. The van der Waals surface area contributed by atoms with Crippen molar-refractivity contribution in [2.75, 3.05) is 5.73 Å². The van der Waals surface area contributed by atoms with E-state index in [1.165, 1.54) is 0 Å². The molecule has 0 atom stereocenters. The average Bonchev–Trinajstić information content (AvgIpc) is 2.51. The Morgan fingerprint density at radius 1 is 0.800 bits per heavy atom. The Bertz CT molecular complexity index is 777. The zero-order chi connectivity index (χ0) is 13.9. The third kappa shape index (κ3) is 2.21. The number of anilines is 1. The lowest BCUT2D eigenvalue weighted by atomic mass is 10.0. The summed E-state index contributed by atoms with van der Waals surface area (Å²) in [6, 6.07) is 20.9. The van der Waals surface area contributed by atoms with Crippen LogP contribution >= 0.6 is 0 Å². The van der Waals surface area contributed by atoms with Gasteiger partial charge in [0.25, 0.3) is 0 Å². The molecule has 2 N–H and O–H groups in total. The van der Waals surface area contributed by atoms with E-state index in [1.807, 2.05) is 60.7 Å². The first-order valence-electron chi connectivity index (χ1n) is 6.30. The minimum Gasteiger partial charge on any atom is -0.421 e. The summed E-state index contributed by atoms with van der Waals surface area (Å²) < 4.78 is 5.28. The fourth-order valence-electron chi connectivity index (χ4n) is 2.10. The zero-order valence-electron chi connectivity index (χ0n) is 10.7. The molecule has 0 saturated carbocycles. The highest BCUT2D eigenvalue weighted by Gasteiger charge is 2.11. The molecule has 0 aliphatic carbocycles. The first-order chi connectivity index (χ1) is 9.75. The standard InChI is InChI=1S/C17H13NO2/c18-16-14(12-7-3-1-4-8-12)11-15(20-17(16)19)13-9-5-2-6-10-13/h1-11H,18H2. The lowest BCUT2D eigenvalue weighted by molar-refractivity contribution is 0.530. The molecule has 0 spiro atoms. The summed E-state index contributed by atoms with van der Waals surface area (Å²) in [7, 11) is 0. The molecule has 1 heterocycles. The Balaban J connectivity index is 2.22. The molecule has 0 aliphatic rings. The maximum Gasteiger partial charge on any atom is 0.360 e. The lowest BCUT2D eigenvalue weighted by Crippen LogP contribution is -2.08. The van der Waals surface area contributed by atoms with Crippen LogP contribution in [-0.2, 0) is 0 Å². The third-order valence-electron chi connectivity index (χ3n) is 3.13. The Morgan fingerprint density at radius 3 is 1.95 bits per heavy atom. The summed E-state index contributed by atoms with van der Waals surface area (Å²) >= 11 is 0.